The van der Waals surface area contributed by atoms with Gasteiger partial charge in [-0.1, -0.05) is 54.1 Å². The van der Waals surface area contributed by atoms with E-state index in [1.165, 1.54) is 11.0 Å². The minimum absolute atomic E-state index is 0.163. The van der Waals surface area contributed by atoms with Crippen LogP contribution in [0.15, 0.2) is 60.8 Å². The highest BCUT2D eigenvalue weighted by Crippen LogP contribution is 2.18. The van der Waals surface area contributed by atoms with Crippen LogP contribution in [-0.4, -0.2) is 20.8 Å². The molecule has 0 fully saturated rings. The maximum absolute atomic E-state index is 12.2. The molecular weight excluding hydrogens is 274 g/mol. The standard InChI is InChI=1S/C15H10ClN3O/c16-12-8-4-5-9-14(12)19-17-10-13(18-19)15(20)11-6-2-1-3-7-11/h1-10H. The molecular formula is C15H10ClN3O. The Morgan fingerprint density at radius 1 is 1.00 bits per heavy atom. The molecule has 0 saturated heterocycles. The van der Waals surface area contributed by atoms with Crippen LogP contribution in [0, 0.1) is 0 Å². The Labute approximate surface area is 120 Å². The summed E-state index contributed by atoms with van der Waals surface area (Å²) >= 11 is 6.08. The molecule has 0 amide bonds. The summed E-state index contributed by atoms with van der Waals surface area (Å²) in [6.45, 7) is 0. The number of para-hydroxylation sites is 1. The quantitative estimate of drug-likeness (QED) is 0.694. The third-order valence-electron chi connectivity index (χ3n) is 2.83. The predicted molar refractivity (Wildman–Crippen MR) is 76.2 cm³/mol. The van der Waals surface area contributed by atoms with Crippen molar-refractivity contribution in [2.24, 2.45) is 0 Å². The summed E-state index contributed by atoms with van der Waals surface area (Å²) in [6, 6.07) is 16.2. The fourth-order valence-electron chi connectivity index (χ4n) is 1.83. The van der Waals surface area contributed by atoms with E-state index in [4.69, 9.17) is 11.6 Å². The van der Waals surface area contributed by atoms with Crippen molar-refractivity contribution in [3.05, 3.63) is 77.1 Å². The van der Waals surface area contributed by atoms with Gasteiger partial charge in [-0.05, 0) is 12.1 Å². The lowest BCUT2D eigenvalue weighted by Crippen LogP contribution is -2.04. The second-order valence-corrected chi connectivity index (χ2v) is 4.57. The summed E-state index contributed by atoms with van der Waals surface area (Å²) < 4.78 is 0. The minimum atomic E-state index is -0.163. The third-order valence-corrected chi connectivity index (χ3v) is 3.15. The van der Waals surface area contributed by atoms with Gasteiger partial charge in [0.25, 0.3) is 0 Å². The molecule has 5 heteroatoms. The fraction of sp³-hybridized carbons (Fsp3) is 0. The SMILES string of the molecule is O=C(c1ccccc1)c1cnn(-c2ccccc2Cl)n1. The van der Waals surface area contributed by atoms with Gasteiger partial charge in [-0.25, -0.2) is 0 Å². The van der Waals surface area contributed by atoms with Crippen LogP contribution in [-0.2, 0) is 0 Å². The molecule has 3 aromatic rings. The van der Waals surface area contributed by atoms with Gasteiger partial charge in [-0.15, -0.1) is 9.90 Å². The van der Waals surface area contributed by atoms with Crippen LogP contribution in [0.2, 0.25) is 5.02 Å². The second kappa shape index (κ2) is 5.27. The van der Waals surface area contributed by atoms with Gasteiger partial charge < -0.3 is 0 Å². The molecule has 0 spiro atoms. The van der Waals surface area contributed by atoms with Crippen molar-refractivity contribution < 1.29 is 4.79 Å². The lowest BCUT2D eigenvalue weighted by molar-refractivity contribution is 0.103. The normalized spacial score (nSPS) is 10.4. The molecule has 0 aliphatic carbocycles. The number of halogens is 1. The first-order valence-electron chi connectivity index (χ1n) is 6.03. The van der Waals surface area contributed by atoms with Gasteiger partial charge in [0.15, 0.2) is 5.69 Å². The first-order valence-corrected chi connectivity index (χ1v) is 6.40. The zero-order valence-electron chi connectivity index (χ0n) is 10.4. The first kappa shape index (κ1) is 12.6. The highest BCUT2D eigenvalue weighted by Gasteiger charge is 2.14. The number of nitrogens with zero attached hydrogens (tertiary/aromatic N) is 3. The number of hydrogen-bond donors (Lipinski definition) is 0. The molecule has 0 bridgehead atoms. The third kappa shape index (κ3) is 2.33. The minimum Gasteiger partial charge on any atom is -0.287 e. The van der Waals surface area contributed by atoms with Gasteiger partial charge in [0, 0.05) is 5.56 Å². The van der Waals surface area contributed by atoms with Crippen molar-refractivity contribution in [3.8, 4) is 5.69 Å². The van der Waals surface area contributed by atoms with E-state index in [9.17, 15) is 4.79 Å². The number of rotatable bonds is 3. The number of ketones is 1. The molecule has 1 aromatic heterocycles. The Morgan fingerprint density at radius 2 is 1.70 bits per heavy atom. The zero-order valence-corrected chi connectivity index (χ0v) is 11.2. The van der Waals surface area contributed by atoms with E-state index in [1.807, 2.05) is 30.3 Å². The maximum atomic E-state index is 12.2. The largest absolute Gasteiger partial charge is 0.287 e. The van der Waals surface area contributed by atoms with Gasteiger partial charge in [0.2, 0.25) is 5.78 Å². The van der Waals surface area contributed by atoms with Gasteiger partial charge in [-0.2, -0.15) is 5.10 Å². The second-order valence-electron chi connectivity index (χ2n) is 4.17. The summed E-state index contributed by atoms with van der Waals surface area (Å²) in [5.41, 5.74) is 1.51. The molecule has 0 saturated carbocycles. The molecule has 0 aliphatic rings. The average molecular weight is 284 g/mol. The maximum Gasteiger partial charge on any atom is 0.214 e. The van der Waals surface area contributed by atoms with Crippen LogP contribution < -0.4 is 0 Å². The van der Waals surface area contributed by atoms with Gasteiger partial charge >= 0.3 is 0 Å². The summed E-state index contributed by atoms with van der Waals surface area (Å²) in [5, 5.41) is 8.81. The summed E-state index contributed by atoms with van der Waals surface area (Å²) in [6.07, 6.45) is 1.44. The van der Waals surface area contributed by atoms with Crippen LogP contribution >= 0.6 is 11.6 Å². The number of aromatic nitrogens is 3. The van der Waals surface area contributed by atoms with Crippen LogP contribution in [0.25, 0.3) is 5.69 Å². The molecule has 98 valence electrons. The summed E-state index contributed by atoms with van der Waals surface area (Å²) in [4.78, 5) is 13.6. The van der Waals surface area contributed by atoms with E-state index in [1.54, 1.807) is 24.3 Å². The van der Waals surface area contributed by atoms with Crippen LogP contribution in [0.5, 0.6) is 0 Å². The molecule has 1 heterocycles. The number of carbonyl (C=O) groups excluding carboxylic acids is 1. The van der Waals surface area contributed by atoms with E-state index < -0.39 is 0 Å². The molecule has 2 aromatic carbocycles. The zero-order chi connectivity index (χ0) is 13.9. The molecule has 4 nitrogen and oxygen atoms in total. The first-order chi connectivity index (χ1) is 9.75. The highest BCUT2D eigenvalue weighted by molar-refractivity contribution is 6.32. The monoisotopic (exact) mass is 283 g/mol. The highest BCUT2D eigenvalue weighted by atomic mass is 35.5. The molecule has 0 atom stereocenters. The van der Waals surface area contributed by atoms with Crippen LogP contribution in [0.4, 0.5) is 0 Å². The van der Waals surface area contributed by atoms with E-state index in [0.717, 1.165) is 0 Å². The molecule has 0 radical (unpaired) electrons. The molecule has 0 N–H and O–H groups in total. The van der Waals surface area contributed by atoms with E-state index in [-0.39, 0.29) is 11.5 Å². The Kier molecular flexibility index (Phi) is 3.31. The molecule has 20 heavy (non-hydrogen) atoms. The predicted octanol–water partition coefficient (Wildman–Crippen LogP) is 3.15. The van der Waals surface area contributed by atoms with Crippen LogP contribution in [0.1, 0.15) is 16.1 Å². The molecule has 0 unspecified atom stereocenters. The lowest BCUT2D eigenvalue weighted by Gasteiger charge is -2.01. The van der Waals surface area contributed by atoms with Crippen molar-refractivity contribution in [2.75, 3.05) is 0 Å². The fourth-order valence-corrected chi connectivity index (χ4v) is 2.05. The topological polar surface area (TPSA) is 47.8 Å². The number of hydrogen-bond acceptors (Lipinski definition) is 3. The van der Waals surface area contributed by atoms with Gasteiger partial charge in [0.1, 0.15) is 5.69 Å². The van der Waals surface area contributed by atoms with E-state index >= 15 is 0 Å². The van der Waals surface area contributed by atoms with Crippen molar-refractivity contribution in [1.29, 1.82) is 0 Å². The molecule has 0 aliphatic heterocycles. The van der Waals surface area contributed by atoms with Crippen molar-refractivity contribution in [3.63, 3.8) is 0 Å². The van der Waals surface area contributed by atoms with Crippen molar-refractivity contribution in [2.45, 2.75) is 0 Å². The van der Waals surface area contributed by atoms with Crippen LogP contribution in [0.3, 0.4) is 0 Å². The number of benzene rings is 2. The van der Waals surface area contributed by atoms with Gasteiger partial charge in [-0.3, -0.25) is 4.79 Å². The van der Waals surface area contributed by atoms with Crippen molar-refractivity contribution >= 4 is 17.4 Å². The lowest BCUT2D eigenvalue weighted by atomic mass is 10.1. The van der Waals surface area contributed by atoms with E-state index in [0.29, 0.717) is 16.3 Å². The van der Waals surface area contributed by atoms with Crippen molar-refractivity contribution in [1.82, 2.24) is 15.0 Å². The van der Waals surface area contributed by atoms with Gasteiger partial charge in [0.05, 0.1) is 11.2 Å². The average Bonchev–Trinajstić information content (AvgIpc) is 2.97. The van der Waals surface area contributed by atoms with E-state index in [2.05, 4.69) is 10.2 Å². The summed E-state index contributed by atoms with van der Waals surface area (Å²) in [7, 11) is 0. The Bertz CT molecular complexity index is 753. The Morgan fingerprint density at radius 3 is 2.45 bits per heavy atom. The Hall–Kier alpha value is -2.46. The summed E-state index contributed by atoms with van der Waals surface area (Å²) in [5.74, 6) is -0.163. The smallest absolute Gasteiger partial charge is 0.214 e. The number of carbonyl (C=O) groups is 1. The Balaban J connectivity index is 1.95. The molecule has 3 rings (SSSR count).